The largest absolute Gasteiger partial charge is 0.481 e. The Kier molecular flexibility index (Phi) is 4.29. The third-order valence-electron chi connectivity index (χ3n) is 4.97. The minimum atomic E-state index is -1.03. The number of pyridine rings is 1. The molecule has 3 rings (SSSR count). The quantitative estimate of drug-likeness (QED) is 0.582. The number of aromatic nitrogens is 1. The number of carbonyl (C=O) groups excluding carboxylic acids is 1. The van der Waals surface area contributed by atoms with Crippen LogP contribution in [0.5, 0.6) is 0 Å². The van der Waals surface area contributed by atoms with Gasteiger partial charge in [-0.25, -0.2) is 0 Å². The van der Waals surface area contributed by atoms with Crippen molar-refractivity contribution >= 4 is 17.6 Å². The molecule has 1 N–H and O–H groups in total. The van der Waals surface area contributed by atoms with E-state index in [1.807, 2.05) is 0 Å². The lowest BCUT2D eigenvalue weighted by Crippen LogP contribution is -2.45. The summed E-state index contributed by atoms with van der Waals surface area (Å²) in [6.07, 6.45) is 1.34. The number of hydrogen-bond acceptors (Lipinski definition) is 6. The molecule has 0 aromatic carbocycles. The van der Waals surface area contributed by atoms with Crippen molar-refractivity contribution in [2.75, 3.05) is 26.3 Å². The van der Waals surface area contributed by atoms with Gasteiger partial charge in [0.25, 0.3) is 11.2 Å². The maximum Gasteiger partial charge on any atom is 0.311 e. The maximum absolute atomic E-state index is 12.5. The molecule has 10 heteroatoms. The zero-order valence-corrected chi connectivity index (χ0v) is 13.3. The number of ether oxygens (including phenoxy) is 1. The van der Waals surface area contributed by atoms with Crippen molar-refractivity contribution in [1.29, 1.82) is 0 Å². The Morgan fingerprint density at radius 3 is 2.84 bits per heavy atom. The fourth-order valence-corrected chi connectivity index (χ4v) is 3.49. The molecule has 0 spiro atoms. The van der Waals surface area contributed by atoms with Gasteiger partial charge in [-0.3, -0.25) is 29.1 Å². The van der Waals surface area contributed by atoms with E-state index in [1.165, 1.54) is 4.90 Å². The van der Waals surface area contributed by atoms with Crippen molar-refractivity contribution in [3.05, 3.63) is 38.8 Å². The van der Waals surface area contributed by atoms with Crippen LogP contribution in [0.2, 0.25) is 0 Å². The van der Waals surface area contributed by atoms with Crippen LogP contribution >= 0.6 is 0 Å². The van der Waals surface area contributed by atoms with Crippen molar-refractivity contribution in [2.24, 2.45) is 11.3 Å². The number of amides is 1. The number of carboxylic acid groups (broad SMARTS) is 1. The lowest BCUT2D eigenvalue weighted by atomic mass is 9.74. The number of rotatable bonds is 4. The van der Waals surface area contributed by atoms with Crippen LogP contribution in [0.15, 0.2) is 23.1 Å². The van der Waals surface area contributed by atoms with E-state index in [2.05, 4.69) is 0 Å². The summed E-state index contributed by atoms with van der Waals surface area (Å²) in [6, 6.07) is 2.10. The van der Waals surface area contributed by atoms with Gasteiger partial charge < -0.3 is 14.7 Å². The zero-order valence-electron chi connectivity index (χ0n) is 13.3. The Balaban J connectivity index is 1.79. The Bertz CT molecular complexity index is 790. The summed E-state index contributed by atoms with van der Waals surface area (Å²) in [4.78, 5) is 47.6. The second-order valence-electron chi connectivity index (χ2n) is 6.37. The first kappa shape index (κ1) is 17.1. The highest BCUT2D eigenvalue weighted by Crippen LogP contribution is 2.42. The molecule has 1 aromatic heterocycles. The molecular formula is C15H17N3O7. The standard InChI is InChI=1S/C15H17N3O7/c19-12-2-1-11(18(23)24)6-16(12)7-13(20)17-5-10-8-25-4-3-15(10,9-17)14(21)22/h1-2,6,10H,3-5,7-9H2,(H,21,22)/t10-,15+/m0/s1. The van der Waals surface area contributed by atoms with Crippen molar-refractivity contribution < 1.29 is 24.4 Å². The number of carbonyl (C=O) groups is 2. The molecule has 1 amide bonds. The van der Waals surface area contributed by atoms with E-state index < -0.39 is 27.8 Å². The van der Waals surface area contributed by atoms with Crippen molar-refractivity contribution in [3.8, 4) is 0 Å². The number of aliphatic carboxylic acids is 1. The molecule has 1 aromatic rings. The number of nitro groups is 1. The number of likely N-dealkylation sites (tertiary alicyclic amines) is 1. The summed E-state index contributed by atoms with van der Waals surface area (Å²) in [6.45, 7) is 0.513. The van der Waals surface area contributed by atoms with Gasteiger partial charge in [-0.15, -0.1) is 0 Å². The molecule has 0 saturated carbocycles. The highest BCUT2D eigenvalue weighted by atomic mass is 16.6. The molecule has 2 saturated heterocycles. The molecule has 2 aliphatic heterocycles. The first-order chi connectivity index (χ1) is 11.8. The van der Waals surface area contributed by atoms with Crippen molar-refractivity contribution in [1.82, 2.24) is 9.47 Å². The summed E-state index contributed by atoms with van der Waals surface area (Å²) in [5.41, 5.74) is -1.86. The van der Waals surface area contributed by atoms with Gasteiger partial charge >= 0.3 is 5.97 Å². The van der Waals surface area contributed by atoms with Crippen LogP contribution in [-0.4, -0.2) is 57.7 Å². The molecule has 25 heavy (non-hydrogen) atoms. The van der Waals surface area contributed by atoms with Crippen LogP contribution in [0.25, 0.3) is 0 Å². The Morgan fingerprint density at radius 2 is 2.20 bits per heavy atom. The number of hydrogen-bond donors (Lipinski definition) is 1. The Labute approximate surface area is 141 Å². The highest BCUT2D eigenvalue weighted by Gasteiger charge is 2.54. The second kappa shape index (κ2) is 6.28. The van der Waals surface area contributed by atoms with Crippen LogP contribution < -0.4 is 5.56 Å². The van der Waals surface area contributed by atoms with Crippen LogP contribution in [0.4, 0.5) is 5.69 Å². The molecule has 0 unspecified atom stereocenters. The minimum Gasteiger partial charge on any atom is -0.481 e. The SMILES string of the molecule is O=C(Cn1cc([N+](=O)[O-])ccc1=O)N1C[C@H]2COCC[C@@]2(C(=O)O)C1. The average Bonchev–Trinajstić information content (AvgIpc) is 2.98. The third kappa shape index (κ3) is 3.00. The topological polar surface area (TPSA) is 132 Å². The van der Waals surface area contributed by atoms with Gasteiger partial charge in [0.2, 0.25) is 5.91 Å². The molecule has 0 radical (unpaired) electrons. The zero-order chi connectivity index (χ0) is 18.2. The number of fused-ring (bicyclic) bond motifs is 1. The number of carboxylic acids is 1. The van der Waals surface area contributed by atoms with Crippen LogP contribution in [0.3, 0.4) is 0 Å². The summed E-state index contributed by atoms with van der Waals surface area (Å²) < 4.78 is 6.30. The van der Waals surface area contributed by atoms with E-state index in [4.69, 9.17) is 4.74 Å². The third-order valence-corrected chi connectivity index (χ3v) is 4.97. The summed E-state index contributed by atoms with van der Waals surface area (Å²) in [7, 11) is 0. The van der Waals surface area contributed by atoms with Crippen LogP contribution in [0.1, 0.15) is 6.42 Å². The van der Waals surface area contributed by atoms with Crippen molar-refractivity contribution in [2.45, 2.75) is 13.0 Å². The van der Waals surface area contributed by atoms with Gasteiger partial charge in [0, 0.05) is 37.7 Å². The van der Waals surface area contributed by atoms with E-state index in [-0.39, 0.29) is 37.8 Å². The maximum atomic E-state index is 12.5. The van der Waals surface area contributed by atoms with E-state index in [0.717, 1.165) is 22.9 Å². The summed E-state index contributed by atoms with van der Waals surface area (Å²) in [5.74, 6) is -1.70. The molecule has 3 heterocycles. The smallest absolute Gasteiger partial charge is 0.311 e. The molecular weight excluding hydrogens is 334 g/mol. The molecule has 0 aliphatic carbocycles. The normalized spacial score (nSPS) is 25.4. The lowest BCUT2D eigenvalue weighted by Gasteiger charge is -2.33. The van der Waals surface area contributed by atoms with Crippen LogP contribution in [0, 0.1) is 21.4 Å². The average molecular weight is 351 g/mol. The van der Waals surface area contributed by atoms with E-state index in [9.17, 15) is 29.6 Å². The predicted octanol–water partition coefficient (Wildman–Crippen LogP) is -0.294. The van der Waals surface area contributed by atoms with Gasteiger partial charge in [0.1, 0.15) is 6.54 Å². The molecule has 0 bridgehead atoms. The van der Waals surface area contributed by atoms with E-state index in [1.54, 1.807) is 0 Å². The summed E-state index contributed by atoms with van der Waals surface area (Å²) in [5, 5.41) is 20.4. The van der Waals surface area contributed by atoms with E-state index in [0.29, 0.717) is 13.0 Å². The van der Waals surface area contributed by atoms with Gasteiger partial charge in [0.15, 0.2) is 0 Å². The highest BCUT2D eigenvalue weighted by molar-refractivity contribution is 5.81. The second-order valence-corrected chi connectivity index (χ2v) is 6.37. The molecule has 2 aliphatic rings. The van der Waals surface area contributed by atoms with Crippen molar-refractivity contribution in [3.63, 3.8) is 0 Å². The lowest BCUT2D eigenvalue weighted by molar-refractivity contribution is -0.385. The molecule has 2 fully saturated rings. The number of nitrogens with zero attached hydrogens (tertiary/aromatic N) is 3. The van der Waals surface area contributed by atoms with E-state index >= 15 is 0 Å². The predicted molar refractivity (Wildman–Crippen MR) is 82.9 cm³/mol. The Hall–Kier alpha value is -2.75. The monoisotopic (exact) mass is 351 g/mol. The Morgan fingerprint density at radius 1 is 1.44 bits per heavy atom. The minimum absolute atomic E-state index is 0.0544. The first-order valence-electron chi connectivity index (χ1n) is 7.77. The molecule has 10 nitrogen and oxygen atoms in total. The molecule has 2 atom stereocenters. The van der Waals surface area contributed by atoms with Gasteiger partial charge in [0.05, 0.1) is 23.1 Å². The van der Waals surface area contributed by atoms with Crippen LogP contribution in [-0.2, 0) is 20.9 Å². The van der Waals surface area contributed by atoms with Gasteiger partial charge in [-0.05, 0) is 6.42 Å². The van der Waals surface area contributed by atoms with Gasteiger partial charge in [-0.2, -0.15) is 0 Å². The first-order valence-corrected chi connectivity index (χ1v) is 7.77. The molecule has 134 valence electrons. The van der Waals surface area contributed by atoms with Gasteiger partial charge in [-0.1, -0.05) is 0 Å². The fourth-order valence-electron chi connectivity index (χ4n) is 3.49. The summed E-state index contributed by atoms with van der Waals surface area (Å²) >= 11 is 0. The fraction of sp³-hybridized carbons (Fsp3) is 0.533.